The van der Waals surface area contributed by atoms with Crippen molar-refractivity contribution >= 4 is 12.0 Å². The number of carboxylic acid groups (broad SMARTS) is 1. The van der Waals surface area contributed by atoms with Crippen LogP contribution >= 0.6 is 0 Å². The van der Waals surface area contributed by atoms with Crippen LogP contribution in [0.3, 0.4) is 0 Å². The number of rotatable bonds is 5. The van der Waals surface area contributed by atoms with Crippen LogP contribution in [0.25, 0.3) is 6.08 Å². The first kappa shape index (κ1) is 11.7. The van der Waals surface area contributed by atoms with Gasteiger partial charge in [0.2, 0.25) is 0 Å². The quantitative estimate of drug-likeness (QED) is 0.794. The molecule has 17 heavy (non-hydrogen) atoms. The molecule has 3 heteroatoms. The van der Waals surface area contributed by atoms with E-state index in [2.05, 4.69) is 0 Å². The van der Waals surface area contributed by atoms with Gasteiger partial charge in [0.05, 0.1) is 6.61 Å². The van der Waals surface area contributed by atoms with E-state index in [9.17, 15) is 4.79 Å². The Kier molecular flexibility index (Phi) is 3.81. The van der Waals surface area contributed by atoms with Crippen LogP contribution in [0, 0.1) is 5.92 Å². The Hall–Kier alpha value is -1.77. The van der Waals surface area contributed by atoms with E-state index in [-0.39, 0.29) is 0 Å². The number of hydrogen-bond donors (Lipinski definition) is 1. The third-order valence-electron chi connectivity index (χ3n) is 2.99. The van der Waals surface area contributed by atoms with E-state index in [1.54, 1.807) is 6.08 Å². The monoisotopic (exact) mass is 232 g/mol. The standard InChI is InChI=1S/C14H16O3/c15-14(16)8-7-11-3-2-6-13(9-11)17-10-12-4-1-5-12/h2-3,6-9,12H,1,4-5,10H2,(H,15,16). The van der Waals surface area contributed by atoms with Crippen LogP contribution in [0.2, 0.25) is 0 Å². The van der Waals surface area contributed by atoms with E-state index in [0.717, 1.165) is 24.0 Å². The normalized spacial score (nSPS) is 15.8. The average Bonchev–Trinajstić information content (AvgIpc) is 2.25. The van der Waals surface area contributed by atoms with Gasteiger partial charge in [0, 0.05) is 6.08 Å². The van der Waals surface area contributed by atoms with Crippen LogP contribution in [0.4, 0.5) is 0 Å². The van der Waals surface area contributed by atoms with Gasteiger partial charge in [-0.2, -0.15) is 0 Å². The molecular weight excluding hydrogens is 216 g/mol. The zero-order chi connectivity index (χ0) is 12.1. The second kappa shape index (κ2) is 5.53. The Morgan fingerprint density at radius 1 is 1.47 bits per heavy atom. The molecular formula is C14H16O3. The van der Waals surface area contributed by atoms with Gasteiger partial charge in [0.25, 0.3) is 0 Å². The van der Waals surface area contributed by atoms with E-state index in [1.165, 1.54) is 19.3 Å². The minimum atomic E-state index is -0.939. The molecule has 0 aromatic heterocycles. The van der Waals surface area contributed by atoms with Gasteiger partial charge < -0.3 is 9.84 Å². The van der Waals surface area contributed by atoms with Gasteiger partial charge in [-0.25, -0.2) is 4.79 Å². The maximum absolute atomic E-state index is 10.4. The average molecular weight is 232 g/mol. The number of hydrogen-bond acceptors (Lipinski definition) is 2. The molecule has 0 saturated heterocycles. The van der Waals surface area contributed by atoms with Gasteiger partial charge in [-0.1, -0.05) is 18.6 Å². The van der Waals surface area contributed by atoms with Crippen molar-refractivity contribution in [1.82, 2.24) is 0 Å². The minimum absolute atomic E-state index is 0.702. The van der Waals surface area contributed by atoms with E-state index in [1.807, 2.05) is 24.3 Å². The largest absolute Gasteiger partial charge is 0.493 e. The molecule has 1 fully saturated rings. The number of carboxylic acids is 1. The number of benzene rings is 1. The summed E-state index contributed by atoms with van der Waals surface area (Å²) < 4.78 is 5.68. The zero-order valence-corrected chi connectivity index (χ0v) is 9.63. The number of ether oxygens (including phenoxy) is 1. The summed E-state index contributed by atoms with van der Waals surface area (Å²) in [5.74, 6) is 0.573. The molecule has 3 nitrogen and oxygen atoms in total. The maximum Gasteiger partial charge on any atom is 0.328 e. The van der Waals surface area contributed by atoms with Gasteiger partial charge in [-0.15, -0.1) is 0 Å². The first-order valence-electron chi connectivity index (χ1n) is 5.88. The van der Waals surface area contributed by atoms with Gasteiger partial charge in [0.1, 0.15) is 5.75 Å². The molecule has 1 aromatic rings. The van der Waals surface area contributed by atoms with Crippen LogP contribution in [0.1, 0.15) is 24.8 Å². The molecule has 0 amide bonds. The summed E-state index contributed by atoms with van der Waals surface area (Å²) >= 11 is 0. The van der Waals surface area contributed by atoms with Crippen molar-refractivity contribution in [3.05, 3.63) is 35.9 Å². The fourth-order valence-corrected chi connectivity index (χ4v) is 1.75. The Balaban J connectivity index is 1.93. The van der Waals surface area contributed by atoms with E-state index >= 15 is 0 Å². The topological polar surface area (TPSA) is 46.5 Å². The first-order chi connectivity index (χ1) is 8.24. The van der Waals surface area contributed by atoms with Crippen LogP contribution in [0.15, 0.2) is 30.3 Å². The molecule has 0 aliphatic heterocycles. The van der Waals surface area contributed by atoms with Crippen LogP contribution in [0.5, 0.6) is 5.75 Å². The van der Waals surface area contributed by atoms with Crippen molar-refractivity contribution < 1.29 is 14.6 Å². The van der Waals surface area contributed by atoms with Crippen molar-refractivity contribution in [2.24, 2.45) is 5.92 Å². The maximum atomic E-state index is 10.4. The van der Waals surface area contributed by atoms with Crippen molar-refractivity contribution in [2.45, 2.75) is 19.3 Å². The summed E-state index contributed by atoms with van der Waals surface area (Å²) in [5.41, 5.74) is 0.846. The summed E-state index contributed by atoms with van der Waals surface area (Å²) in [6.07, 6.45) is 6.54. The molecule has 0 unspecified atom stereocenters. The highest BCUT2D eigenvalue weighted by Gasteiger charge is 2.17. The minimum Gasteiger partial charge on any atom is -0.493 e. The highest BCUT2D eigenvalue weighted by atomic mass is 16.5. The van der Waals surface area contributed by atoms with Crippen LogP contribution < -0.4 is 4.74 Å². The molecule has 0 radical (unpaired) electrons. The predicted molar refractivity (Wildman–Crippen MR) is 65.9 cm³/mol. The lowest BCUT2D eigenvalue weighted by Gasteiger charge is -2.25. The molecule has 0 atom stereocenters. The van der Waals surface area contributed by atoms with E-state index < -0.39 is 5.97 Å². The molecule has 1 aromatic carbocycles. The second-order valence-corrected chi connectivity index (χ2v) is 4.35. The Labute approximate surface area is 101 Å². The summed E-state index contributed by atoms with van der Waals surface area (Å²) in [5, 5.41) is 8.54. The number of carbonyl (C=O) groups is 1. The zero-order valence-electron chi connectivity index (χ0n) is 9.63. The predicted octanol–water partition coefficient (Wildman–Crippen LogP) is 2.96. The molecule has 1 aliphatic rings. The van der Waals surface area contributed by atoms with Gasteiger partial charge in [-0.05, 0) is 42.5 Å². The summed E-state index contributed by atoms with van der Waals surface area (Å²) in [7, 11) is 0. The smallest absolute Gasteiger partial charge is 0.328 e. The van der Waals surface area contributed by atoms with Gasteiger partial charge >= 0.3 is 5.97 Å². The highest BCUT2D eigenvalue weighted by molar-refractivity contribution is 5.85. The molecule has 0 bridgehead atoms. The van der Waals surface area contributed by atoms with Gasteiger partial charge in [0.15, 0.2) is 0 Å². The van der Waals surface area contributed by atoms with Crippen LogP contribution in [-0.2, 0) is 4.79 Å². The molecule has 0 heterocycles. The van der Waals surface area contributed by atoms with Crippen molar-refractivity contribution in [3.8, 4) is 5.75 Å². The third kappa shape index (κ3) is 3.63. The molecule has 1 saturated carbocycles. The van der Waals surface area contributed by atoms with Crippen LogP contribution in [-0.4, -0.2) is 17.7 Å². The lowest BCUT2D eigenvalue weighted by Crippen LogP contribution is -2.19. The molecule has 0 spiro atoms. The SMILES string of the molecule is O=C(O)C=Cc1cccc(OCC2CCC2)c1. The molecule has 1 N–H and O–H groups in total. The fourth-order valence-electron chi connectivity index (χ4n) is 1.75. The van der Waals surface area contributed by atoms with Gasteiger partial charge in [-0.3, -0.25) is 0 Å². The summed E-state index contributed by atoms with van der Waals surface area (Å²) in [4.78, 5) is 10.4. The Morgan fingerprint density at radius 3 is 2.94 bits per heavy atom. The Bertz CT molecular complexity index is 419. The molecule has 2 rings (SSSR count). The second-order valence-electron chi connectivity index (χ2n) is 4.35. The molecule has 1 aliphatic carbocycles. The lowest BCUT2D eigenvalue weighted by atomic mass is 9.86. The summed E-state index contributed by atoms with van der Waals surface area (Å²) in [6.45, 7) is 0.770. The Morgan fingerprint density at radius 2 is 2.29 bits per heavy atom. The first-order valence-corrected chi connectivity index (χ1v) is 5.88. The third-order valence-corrected chi connectivity index (χ3v) is 2.99. The summed E-state index contributed by atoms with van der Waals surface area (Å²) in [6, 6.07) is 7.49. The van der Waals surface area contributed by atoms with E-state index in [0.29, 0.717) is 5.92 Å². The fraction of sp³-hybridized carbons (Fsp3) is 0.357. The molecule has 90 valence electrons. The number of aliphatic carboxylic acids is 1. The lowest BCUT2D eigenvalue weighted by molar-refractivity contribution is -0.131. The highest BCUT2D eigenvalue weighted by Crippen LogP contribution is 2.27. The van der Waals surface area contributed by atoms with Crippen molar-refractivity contribution in [3.63, 3.8) is 0 Å². The van der Waals surface area contributed by atoms with Crippen molar-refractivity contribution in [1.29, 1.82) is 0 Å². The van der Waals surface area contributed by atoms with E-state index in [4.69, 9.17) is 9.84 Å². The van der Waals surface area contributed by atoms with Crippen molar-refractivity contribution in [2.75, 3.05) is 6.61 Å².